The number of fused-ring (bicyclic) bond motifs is 1. The summed E-state index contributed by atoms with van der Waals surface area (Å²) in [5.41, 5.74) is 0.937. The third-order valence-electron chi connectivity index (χ3n) is 7.02. The highest BCUT2D eigenvalue weighted by Gasteiger charge is 2.26. The molecule has 3 aromatic rings. The summed E-state index contributed by atoms with van der Waals surface area (Å²) in [4.78, 5) is 33.5. The first kappa shape index (κ1) is 29.7. The van der Waals surface area contributed by atoms with Crippen LogP contribution in [-0.2, 0) is 10.0 Å². The van der Waals surface area contributed by atoms with Gasteiger partial charge in [-0.3, -0.25) is 14.1 Å². The van der Waals surface area contributed by atoms with Crippen LogP contribution in [0.5, 0.6) is 0 Å². The molecule has 1 saturated carbocycles. The molecule has 218 valence electrons. The van der Waals surface area contributed by atoms with Crippen LogP contribution in [0.25, 0.3) is 22.4 Å². The zero-order chi connectivity index (χ0) is 29.2. The fourth-order valence-electron chi connectivity index (χ4n) is 4.78. The van der Waals surface area contributed by atoms with Gasteiger partial charge in [-0.1, -0.05) is 0 Å². The van der Waals surface area contributed by atoms with Gasteiger partial charge in [-0.2, -0.15) is 4.98 Å². The standard InChI is InChI=1S/C26H36F2N8O3S/c1-16(2)36-23-20(15-30-25(33-23)31-18-7-9-19(10-8-18)35(4)5)32-22(24(36)37)17-6-11-21(29-14-17)34-40(38,39)13-12-26(3,27)28/h6,11,14-16,18-19H,7-10,12-13H2,1-5H3,(H,29,34)(H,30,31,33)/t18-,19-. The third-order valence-corrected chi connectivity index (χ3v) is 8.28. The van der Waals surface area contributed by atoms with Crippen LogP contribution in [-0.4, -0.2) is 75.7 Å². The molecular weight excluding hydrogens is 542 g/mol. The van der Waals surface area contributed by atoms with Crippen LogP contribution in [0.1, 0.15) is 58.9 Å². The van der Waals surface area contributed by atoms with Crippen molar-refractivity contribution in [3.8, 4) is 11.3 Å². The second-order valence-electron chi connectivity index (χ2n) is 10.9. The maximum Gasteiger partial charge on any atom is 0.279 e. The molecular formula is C26H36F2N8O3S. The number of sulfonamides is 1. The summed E-state index contributed by atoms with van der Waals surface area (Å²) < 4.78 is 54.2. The van der Waals surface area contributed by atoms with Crippen molar-refractivity contribution in [3.05, 3.63) is 34.9 Å². The summed E-state index contributed by atoms with van der Waals surface area (Å²) in [6, 6.07) is 3.45. The summed E-state index contributed by atoms with van der Waals surface area (Å²) in [6.45, 7) is 4.41. The summed E-state index contributed by atoms with van der Waals surface area (Å²) >= 11 is 0. The van der Waals surface area contributed by atoms with Crippen LogP contribution in [0.15, 0.2) is 29.3 Å². The summed E-state index contributed by atoms with van der Waals surface area (Å²) in [7, 11) is 0.181. The fourth-order valence-corrected chi connectivity index (χ4v) is 5.94. The summed E-state index contributed by atoms with van der Waals surface area (Å²) in [5.74, 6) is -3.45. The van der Waals surface area contributed by atoms with E-state index in [4.69, 9.17) is 0 Å². The number of rotatable bonds is 10. The number of aromatic nitrogens is 5. The number of pyridine rings is 1. The van der Waals surface area contributed by atoms with Gasteiger partial charge in [-0.25, -0.2) is 32.2 Å². The maximum atomic E-state index is 13.5. The Morgan fingerprint density at radius 1 is 1.10 bits per heavy atom. The molecule has 2 N–H and O–H groups in total. The smallest absolute Gasteiger partial charge is 0.279 e. The maximum absolute atomic E-state index is 13.5. The fraction of sp³-hybridized carbons (Fsp3) is 0.577. The highest BCUT2D eigenvalue weighted by molar-refractivity contribution is 7.92. The van der Waals surface area contributed by atoms with Crippen molar-refractivity contribution >= 4 is 33.0 Å². The van der Waals surface area contributed by atoms with Gasteiger partial charge in [-0.05, 0) is 72.7 Å². The Morgan fingerprint density at radius 3 is 2.38 bits per heavy atom. The third kappa shape index (κ3) is 7.27. The van der Waals surface area contributed by atoms with Crippen molar-refractivity contribution in [2.75, 3.05) is 29.9 Å². The van der Waals surface area contributed by atoms with Crippen molar-refractivity contribution < 1.29 is 17.2 Å². The van der Waals surface area contributed by atoms with Gasteiger partial charge >= 0.3 is 0 Å². The number of halogens is 2. The number of nitrogens with zero attached hydrogens (tertiary/aromatic N) is 6. The molecule has 4 rings (SSSR count). The molecule has 0 atom stereocenters. The molecule has 0 aliphatic heterocycles. The molecule has 40 heavy (non-hydrogen) atoms. The van der Waals surface area contributed by atoms with Gasteiger partial charge in [0.2, 0.25) is 21.9 Å². The monoisotopic (exact) mass is 578 g/mol. The van der Waals surface area contributed by atoms with E-state index < -0.39 is 28.1 Å². The van der Waals surface area contributed by atoms with E-state index in [2.05, 4.69) is 49.0 Å². The number of hydrogen-bond donors (Lipinski definition) is 2. The molecule has 0 radical (unpaired) electrons. The summed E-state index contributed by atoms with van der Waals surface area (Å²) in [6.07, 6.45) is 6.26. The molecule has 11 nitrogen and oxygen atoms in total. The highest BCUT2D eigenvalue weighted by Crippen LogP contribution is 2.25. The van der Waals surface area contributed by atoms with Gasteiger partial charge in [-0.15, -0.1) is 0 Å². The van der Waals surface area contributed by atoms with Crippen molar-refractivity contribution in [1.82, 2.24) is 29.4 Å². The zero-order valence-electron chi connectivity index (χ0n) is 23.4. The zero-order valence-corrected chi connectivity index (χ0v) is 24.2. The Kier molecular flexibility index (Phi) is 8.69. The number of alkyl halides is 2. The van der Waals surface area contributed by atoms with Crippen LogP contribution in [0.2, 0.25) is 0 Å². The van der Waals surface area contributed by atoms with E-state index in [9.17, 15) is 22.0 Å². The Labute approximate surface area is 232 Å². The molecule has 1 fully saturated rings. The molecule has 0 aromatic carbocycles. The lowest BCUT2D eigenvalue weighted by molar-refractivity contribution is 0.0189. The predicted molar refractivity (Wildman–Crippen MR) is 151 cm³/mol. The average molecular weight is 579 g/mol. The van der Waals surface area contributed by atoms with E-state index in [1.165, 1.54) is 18.3 Å². The first-order valence-electron chi connectivity index (χ1n) is 13.3. The van der Waals surface area contributed by atoms with Crippen LogP contribution < -0.4 is 15.6 Å². The first-order valence-corrected chi connectivity index (χ1v) is 14.9. The predicted octanol–water partition coefficient (Wildman–Crippen LogP) is 3.90. The van der Waals surface area contributed by atoms with E-state index in [0.29, 0.717) is 35.6 Å². The average Bonchev–Trinajstić information content (AvgIpc) is 2.87. The lowest BCUT2D eigenvalue weighted by Gasteiger charge is -2.32. The van der Waals surface area contributed by atoms with Gasteiger partial charge in [0, 0.05) is 36.3 Å². The van der Waals surface area contributed by atoms with Crippen LogP contribution >= 0.6 is 0 Å². The van der Waals surface area contributed by atoms with Crippen molar-refractivity contribution in [3.63, 3.8) is 0 Å². The van der Waals surface area contributed by atoms with E-state index >= 15 is 0 Å². The Balaban J connectivity index is 1.57. The second-order valence-corrected chi connectivity index (χ2v) is 12.8. The number of nitrogens with one attached hydrogen (secondary N) is 2. The molecule has 0 bridgehead atoms. The SMILES string of the molecule is CC(C)n1c(=O)c(-c2ccc(NS(=O)(=O)CCC(C)(F)F)nc2)nc2cnc(N[C@H]3CC[C@H](N(C)C)CC3)nc21. The van der Waals surface area contributed by atoms with Gasteiger partial charge in [0.05, 0.1) is 11.9 Å². The van der Waals surface area contributed by atoms with E-state index in [1.54, 1.807) is 10.8 Å². The first-order chi connectivity index (χ1) is 18.7. The van der Waals surface area contributed by atoms with E-state index in [0.717, 1.165) is 25.7 Å². The van der Waals surface area contributed by atoms with Crippen LogP contribution in [0.3, 0.4) is 0 Å². The highest BCUT2D eigenvalue weighted by atomic mass is 32.2. The van der Waals surface area contributed by atoms with Gasteiger partial charge in [0.15, 0.2) is 5.65 Å². The van der Waals surface area contributed by atoms with Gasteiger partial charge < -0.3 is 10.2 Å². The number of anilines is 2. The summed E-state index contributed by atoms with van der Waals surface area (Å²) in [5, 5.41) is 3.41. The largest absolute Gasteiger partial charge is 0.351 e. The molecule has 0 spiro atoms. The molecule has 3 aromatic heterocycles. The Bertz CT molecular complexity index is 1500. The molecule has 14 heteroatoms. The molecule has 0 amide bonds. The van der Waals surface area contributed by atoms with E-state index in [-0.39, 0.29) is 29.2 Å². The molecule has 1 aliphatic carbocycles. The number of hydrogen-bond acceptors (Lipinski definition) is 9. The van der Waals surface area contributed by atoms with Crippen molar-refractivity contribution in [1.29, 1.82) is 0 Å². The van der Waals surface area contributed by atoms with E-state index in [1.807, 2.05) is 13.8 Å². The Hall–Kier alpha value is -3.26. The van der Waals surface area contributed by atoms with Crippen LogP contribution in [0.4, 0.5) is 20.5 Å². The molecule has 0 saturated heterocycles. The second kappa shape index (κ2) is 11.7. The molecule has 3 heterocycles. The van der Waals surface area contributed by atoms with Crippen molar-refractivity contribution in [2.24, 2.45) is 0 Å². The van der Waals surface area contributed by atoms with Gasteiger partial charge in [0.25, 0.3) is 5.56 Å². The lowest BCUT2D eigenvalue weighted by atomic mass is 9.91. The normalized spacial score (nSPS) is 18.4. The quantitative estimate of drug-likeness (QED) is 0.367. The molecule has 1 aliphatic rings. The lowest BCUT2D eigenvalue weighted by Crippen LogP contribution is -2.36. The molecule has 0 unspecified atom stereocenters. The van der Waals surface area contributed by atoms with Gasteiger partial charge in [0.1, 0.15) is 17.0 Å². The topological polar surface area (TPSA) is 135 Å². The minimum atomic E-state index is -4.02. The van der Waals surface area contributed by atoms with Crippen molar-refractivity contribution in [2.45, 2.75) is 76.9 Å². The minimum absolute atomic E-state index is 0.0493. The minimum Gasteiger partial charge on any atom is -0.351 e. The van der Waals surface area contributed by atoms with Crippen LogP contribution in [0, 0.1) is 0 Å². The Morgan fingerprint density at radius 2 is 1.80 bits per heavy atom.